The molecule has 0 saturated carbocycles. The van der Waals surface area contributed by atoms with E-state index in [0.717, 1.165) is 0 Å². The summed E-state index contributed by atoms with van der Waals surface area (Å²) >= 11 is 0. The van der Waals surface area contributed by atoms with Crippen LogP contribution in [-0.2, 0) is 16.0 Å². The molecule has 0 aliphatic rings. The van der Waals surface area contributed by atoms with E-state index in [2.05, 4.69) is 5.32 Å². The van der Waals surface area contributed by atoms with Crippen molar-refractivity contribution in [2.45, 2.75) is 32.7 Å². The number of halogens is 1. The topological polar surface area (TPSA) is 75.6 Å². The fraction of sp³-hybridized carbons (Fsp3) is 0.467. The van der Waals surface area contributed by atoms with Gasteiger partial charge < -0.3 is 15.2 Å². The van der Waals surface area contributed by atoms with Crippen molar-refractivity contribution >= 4 is 11.9 Å². The molecule has 2 atom stereocenters. The molecule has 1 rings (SSSR count). The SMILES string of the molecule is CCC(C)[C@H](NC(=O)Cc1ccc(OC)c(F)c1)C(=O)O. The highest BCUT2D eigenvalue weighted by atomic mass is 19.1. The molecule has 0 bridgehead atoms. The highest BCUT2D eigenvalue weighted by Gasteiger charge is 2.25. The van der Waals surface area contributed by atoms with E-state index in [1.165, 1.54) is 19.2 Å². The number of carbonyl (C=O) groups is 2. The molecule has 5 nitrogen and oxygen atoms in total. The maximum Gasteiger partial charge on any atom is 0.326 e. The van der Waals surface area contributed by atoms with Crippen molar-refractivity contribution in [1.82, 2.24) is 5.32 Å². The molecular weight excluding hydrogens is 277 g/mol. The molecular formula is C15H20FNO4. The van der Waals surface area contributed by atoms with Gasteiger partial charge in [-0.25, -0.2) is 9.18 Å². The highest BCUT2D eigenvalue weighted by Crippen LogP contribution is 2.18. The molecule has 0 aromatic heterocycles. The molecule has 1 aromatic rings. The number of methoxy groups -OCH3 is 1. The zero-order chi connectivity index (χ0) is 16.0. The number of ether oxygens (including phenoxy) is 1. The molecule has 1 aromatic carbocycles. The summed E-state index contributed by atoms with van der Waals surface area (Å²) in [6, 6.07) is 3.27. The van der Waals surface area contributed by atoms with E-state index < -0.39 is 23.7 Å². The Labute approximate surface area is 123 Å². The zero-order valence-corrected chi connectivity index (χ0v) is 12.4. The number of amides is 1. The Hall–Kier alpha value is -2.11. The number of nitrogens with one attached hydrogen (secondary N) is 1. The predicted octanol–water partition coefficient (Wildman–Crippen LogP) is 1.99. The molecule has 0 spiro atoms. The van der Waals surface area contributed by atoms with E-state index in [0.29, 0.717) is 12.0 Å². The van der Waals surface area contributed by atoms with Crippen LogP contribution >= 0.6 is 0 Å². The summed E-state index contributed by atoms with van der Waals surface area (Å²) in [5.41, 5.74) is 0.457. The average molecular weight is 297 g/mol. The molecule has 21 heavy (non-hydrogen) atoms. The monoisotopic (exact) mass is 297 g/mol. The van der Waals surface area contributed by atoms with Crippen molar-refractivity contribution in [1.29, 1.82) is 0 Å². The van der Waals surface area contributed by atoms with E-state index in [1.807, 2.05) is 6.92 Å². The lowest BCUT2D eigenvalue weighted by atomic mass is 9.99. The molecule has 0 aliphatic heterocycles. The third kappa shape index (κ3) is 4.73. The van der Waals surface area contributed by atoms with Gasteiger partial charge in [0.1, 0.15) is 6.04 Å². The second kappa shape index (κ2) is 7.61. The largest absolute Gasteiger partial charge is 0.494 e. The van der Waals surface area contributed by atoms with Gasteiger partial charge in [-0.2, -0.15) is 0 Å². The molecule has 1 amide bonds. The Kier molecular flexibility index (Phi) is 6.14. The predicted molar refractivity (Wildman–Crippen MR) is 75.7 cm³/mol. The number of rotatable bonds is 7. The van der Waals surface area contributed by atoms with Crippen molar-refractivity contribution in [2.24, 2.45) is 5.92 Å². The van der Waals surface area contributed by atoms with Crippen LogP contribution in [0.5, 0.6) is 5.75 Å². The van der Waals surface area contributed by atoms with Gasteiger partial charge in [0.2, 0.25) is 5.91 Å². The van der Waals surface area contributed by atoms with E-state index in [-0.39, 0.29) is 18.1 Å². The molecule has 116 valence electrons. The molecule has 0 radical (unpaired) electrons. The summed E-state index contributed by atoms with van der Waals surface area (Å²) < 4.78 is 18.3. The Morgan fingerprint density at radius 1 is 1.43 bits per heavy atom. The number of aliphatic carboxylic acids is 1. The third-order valence-electron chi connectivity index (χ3n) is 3.38. The third-order valence-corrected chi connectivity index (χ3v) is 3.38. The van der Waals surface area contributed by atoms with Crippen LogP contribution in [0.1, 0.15) is 25.8 Å². The lowest BCUT2D eigenvalue weighted by Gasteiger charge is -2.20. The summed E-state index contributed by atoms with van der Waals surface area (Å²) in [4.78, 5) is 23.0. The van der Waals surface area contributed by atoms with Gasteiger partial charge in [-0.1, -0.05) is 26.3 Å². The van der Waals surface area contributed by atoms with Gasteiger partial charge in [0.05, 0.1) is 13.5 Å². The fourth-order valence-electron chi connectivity index (χ4n) is 1.91. The Morgan fingerprint density at radius 3 is 2.57 bits per heavy atom. The standard InChI is InChI=1S/C15H20FNO4/c1-4-9(2)14(15(19)20)17-13(18)8-10-5-6-12(21-3)11(16)7-10/h5-7,9,14H,4,8H2,1-3H3,(H,17,18)(H,19,20)/t9?,14-/m0/s1. The maximum absolute atomic E-state index is 13.5. The van der Waals surface area contributed by atoms with Gasteiger partial charge in [0.15, 0.2) is 11.6 Å². The second-order valence-corrected chi connectivity index (χ2v) is 4.91. The molecule has 0 heterocycles. The molecule has 2 N–H and O–H groups in total. The van der Waals surface area contributed by atoms with E-state index in [9.17, 15) is 14.0 Å². The first-order chi connectivity index (χ1) is 9.88. The number of hydrogen-bond donors (Lipinski definition) is 2. The summed E-state index contributed by atoms with van der Waals surface area (Å²) in [6.45, 7) is 3.61. The number of benzene rings is 1. The number of carboxylic acid groups (broad SMARTS) is 1. The van der Waals surface area contributed by atoms with E-state index >= 15 is 0 Å². The second-order valence-electron chi connectivity index (χ2n) is 4.91. The van der Waals surface area contributed by atoms with Crippen LogP contribution in [0.2, 0.25) is 0 Å². The quantitative estimate of drug-likeness (QED) is 0.807. The number of hydrogen-bond acceptors (Lipinski definition) is 3. The van der Waals surface area contributed by atoms with Crippen LogP contribution in [0.3, 0.4) is 0 Å². The Bertz CT molecular complexity index is 518. The van der Waals surface area contributed by atoms with Crippen LogP contribution in [-0.4, -0.2) is 30.1 Å². The summed E-state index contributed by atoms with van der Waals surface area (Å²) in [5.74, 6) is -2.16. The maximum atomic E-state index is 13.5. The van der Waals surface area contributed by atoms with Gasteiger partial charge >= 0.3 is 5.97 Å². The first kappa shape index (κ1) is 16.9. The minimum absolute atomic E-state index is 0.0822. The lowest BCUT2D eigenvalue weighted by molar-refractivity contribution is -0.143. The molecule has 6 heteroatoms. The normalized spacial score (nSPS) is 13.3. The lowest BCUT2D eigenvalue weighted by Crippen LogP contribution is -2.45. The summed E-state index contributed by atoms with van der Waals surface area (Å²) in [6.07, 6.45) is 0.551. The molecule has 0 fully saturated rings. The zero-order valence-electron chi connectivity index (χ0n) is 12.4. The van der Waals surface area contributed by atoms with Crippen molar-refractivity contribution in [3.05, 3.63) is 29.6 Å². The van der Waals surface area contributed by atoms with Crippen molar-refractivity contribution in [3.8, 4) is 5.75 Å². The fourth-order valence-corrected chi connectivity index (χ4v) is 1.91. The minimum Gasteiger partial charge on any atom is -0.494 e. The summed E-state index contributed by atoms with van der Waals surface area (Å²) in [7, 11) is 1.36. The summed E-state index contributed by atoms with van der Waals surface area (Å²) in [5, 5.41) is 11.6. The van der Waals surface area contributed by atoms with Crippen LogP contribution in [0.25, 0.3) is 0 Å². The number of carboxylic acids is 1. The van der Waals surface area contributed by atoms with Crippen molar-refractivity contribution < 1.29 is 23.8 Å². The Balaban J connectivity index is 2.72. The van der Waals surface area contributed by atoms with Crippen LogP contribution in [0.4, 0.5) is 4.39 Å². The van der Waals surface area contributed by atoms with Crippen molar-refractivity contribution in [2.75, 3.05) is 7.11 Å². The van der Waals surface area contributed by atoms with Gasteiger partial charge in [0.25, 0.3) is 0 Å². The molecule has 0 saturated heterocycles. The van der Waals surface area contributed by atoms with Crippen LogP contribution < -0.4 is 10.1 Å². The first-order valence-corrected chi connectivity index (χ1v) is 6.73. The van der Waals surface area contributed by atoms with Crippen LogP contribution in [0, 0.1) is 11.7 Å². The van der Waals surface area contributed by atoms with Crippen LogP contribution in [0.15, 0.2) is 18.2 Å². The van der Waals surface area contributed by atoms with Gasteiger partial charge in [-0.05, 0) is 23.6 Å². The van der Waals surface area contributed by atoms with Crippen molar-refractivity contribution in [3.63, 3.8) is 0 Å². The smallest absolute Gasteiger partial charge is 0.326 e. The minimum atomic E-state index is -1.07. The van der Waals surface area contributed by atoms with Gasteiger partial charge in [0, 0.05) is 0 Å². The van der Waals surface area contributed by atoms with Gasteiger partial charge in [-0.3, -0.25) is 4.79 Å². The number of carbonyl (C=O) groups excluding carboxylic acids is 1. The van der Waals surface area contributed by atoms with E-state index in [1.54, 1.807) is 13.0 Å². The average Bonchev–Trinajstić information content (AvgIpc) is 2.44. The molecule has 0 aliphatic carbocycles. The van der Waals surface area contributed by atoms with Gasteiger partial charge in [-0.15, -0.1) is 0 Å². The molecule has 1 unspecified atom stereocenters. The highest BCUT2D eigenvalue weighted by molar-refractivity contribution is 5.85. The first-order valence-electron chi connectivity index (χ1n) is 6.73. The Morgan fingerprint density at radius 2 is 2.10 bits per heavy atom. The van der Waals surface area contributed by atoms with E-state index in [4.69, 9.17) is 9.84 Å².